The summed E-state index contributed by atoms with van der Waals surface area (Å²) in [5, 5.41) is 14.1. The lowest BCUT2D eigenvalue weighted by atomic mass is 10.1. The van der Waals surface area contributed by atoms with E-state index >= 15 is 0 Å². The number of rotatable bonds is 5. The Kier molecular flexibility index (Phi) is 4.62. The molecule has 0 amide bonds. The Balaban J connectivity index is 2.04. The standard InChI is InChI=1S/C14H18N2O5/c1-20-13-8-11(5-6-12(13)16(18)19)15-10-4-3-9(7-10)14(17)21-2/h5-6,8-10,15H,3-4,7H2,1-2H3/t9-,10+/m0/s1. The van der Waals surface area contributed by atoms with Crippen molar-refractivity contribution in [2.24, 2.45) is 5.92 Å². The summed E-state index contributed by atoms with van der Waals surface area (Å²) in [5.74, 6) is -0.0412. The zero-order valence-corrected chi connectivity index (χ0v) is 12.0. The number of anilines is 1. The van der Waals surface area contributed by atoms with Crippen molar-refractivity contribution in [2.75, 3.05) is 19.5 Å². The second kappa shape index (κ2) is 6.43. The van der Waals surface area contributed by atoms with E-state index in [9.17, 15) is 14.9 Å². The van der Waals surface area contributed by atoms with Gasteiger partial charge >= 0.3 is 11.7 Å². The lowest BCUT2D eigenvalue weighted by Crippen LogP contribution is -2.18. The van der Waals surface area contributed by atoms with E-state index in [1.807, 2.05) is 0 Å². The van der Waals surface area contributed by atoms with Crippen molar-refractivity contribution in [3.8, 4) is 5.75 Å². The van der Waals surface area contributed by atoms with Gasteiger partial charge in [-0.05, 0) is 25.3 Å². The molecule has 1 saturated carbocycles. The van der Waals surface area contributed by atoms with E-state index in [0.29, 0.717) is 6.42 Å². The number of ether oxygens (including phenoxy) is 2. The van der Waals surface area contributed by atoms with Crippen LogP contribution in [0.3, 0.4) is 0 Å². The third kappa shape index (κ3) is 3.42. The fourth-order valence-corrected chi connectivity index (χ4v) is 2.65. The van der Waals surface area contributed by atoms with E-state index in [0.717, 1.165) is 18.5 Å². The van der Waals surface area contributed by atoms with Crippen LogP contribution in [0.25, 0.3) is 0 Å². The van der Waals surface area contributed by atoms with Crippen LogP contribution in [0.1, 0.15) is 19.3 Å². The summed E-state index contributed by atoms with van der Waals surface area (Å²) in [4.78, 5) is 21.8. The summed E-state index contributed by atoms with van der Waals surface area (Å²) in [6.07, 6.45) is 2.35. The number of methoxy groups -OCH3 is 2. The topological polar surface area (TPSA) is 90.7 Å². The van der Waals surface area contributed by atoms with Gasteiger partial charge in [0.2, 0.25) is 0 Å². The second-order valence-corrected chi connectivity index (χ2v) is 5.02. The molecule has 114 valence electrons. The Bertz CT molecular complexity index is 546. The normalized spacial score (nSPS) is 20.9. The molecule has 1 aromatic rings. The van der Waals surface area contributed by atoms with Gasteiger partial charge in [0.1, 0.15) is 0 Å². The van der Waals surface area contributed by atoms with Gasteiger partial charge in [0.15, 0.2) is 5.75 Å². The third-order valence-electron chi connectivity index (χ3n) is 3.71. The highest BCUT2D eigenvalue weighted by Gasteiger charge is 2.30. The molecule has 0 heterocycles. The lowest BCUT2D eigenvalue weighted by Gasteiger charge is -2.15. The van der Waals surface area contributed by atoms with Crippen LogP contribution in [0.2, 0.25) is 0 Å². The number of benzene rings is 1. The highest BCUT2D eigenvalue weighted by molar-refractivity contribution is 5.72. The largest absolute Gasteiger partial charge is 0.490 e. The average Bonchev–Trinajstić information content (AvgIpc) is 2.94. The van der Waals surface area contributed by atoms with Crippen molar-refractivity contribution in [3.63, 3.8) is 0 Å². The first-order valence-electron chi connectivity index (χ1n) is 6.72. The number of carbonyl (C=O) groups is 1. The molecule has 1 aliphatic carbocycles. The molecule has 7 nitrogen and oxygen atoms in total. The average molecular weight is 294 g/mol. The molecule has 1 fully saturated rings. The van der Waals surface area contributed by atoms with Gasteiger partial charge in [-0.25, -0.2) is 0 Å². The lowest BCUT2D eigenvalue weighted by molar-refractivity contribution is -0.385. The van der Waals surface area contributed by atoms with Gasteiger partial charge in [-0.2, -0.15) is 0 Å². The van der Waals surface area contributed by atoms with Gasteiger partial charge in [-0.1, -0.05) is 0 Å². The summed E-state index contributed by atoms with van der Waals surface area (Å²) in [6.45, 7) is 0. The van der Waals surface area contributed by atoms with Crippen LogP contribution in [-0.4, -0.2) is 31.2 Å². The van der Waals surface area contributed by atoms with Crippen LogP contribution in [-0.2, 0) is 9.53 Å². The predicted molar refractivity (Wildman–Crippen MR) is 76.4 cm³/mol. The zero-order valence-electron chi connectivity index (χ0n) is 12.0. The van der Waals surface area contributed by atoms with Crippen LogP contribution >= 0.6 is 0 Å². The molecule has 0 aliphatic heterocycles. The van der Waals surface area contributed by atoms with E-state index in [4.69, 9.17) is 9.47 Å². The SMILES string of the molecule is COC(=O)[C@H]1CC[C@@H](Nc2ccc([N+](=O)[O-])c(OC)c2)C1. The Labute approximate surface area is 122 Å². The molecule has 2 rings (SSSR count). The summed E-state index contributed by atoms with van der Waals surface area (Å²) >= 11 is 0. The zero-order chi connectivity index (χ0) is 15.4. The first kappa shape index (κ1) is 15.1. The first-order valence-corrected chi connectivity index (χ1v) is 6.72. The molecule has 7 heteroatoms. The molecule has 0 unspecified atom stereocenters. The van der Waals surface area contributed by atoms with Crippen LogP contribution in [0, 0.1) is 16.0 Å². The Morgan fingerprint density at radius 3 is 2.76 bits per heavy atom. The number of esters is 1. The molecule has 0 aromatic heterocycles. The maximum absolute atomic E-state index is 11.5. The second-order valence-electron chi connectivity index (χ2n) is 5.02. The van der Waals surface area contributed by atoms with Gasteiger partial charge < -0.3 is 14.8 Å². The summed E-state index contributed by atoms with van der Waals surface area (Å²) in [6, 6.07) is 4.81. The van der Waals surface area contributed by atoms with Crippen molar-refractivity contribution in [2.45, 2.75) is 25.3 Å². The van der Waals surface area contributed by atoms with E-state index in [1.54, 1.807) is 12.1 Å². The number of nitro groups is 1. The summed E-state index contributed by atoms with van der Waals surface area (Å²) in [7, 11) is 2.79. The molecular weight excluding hydrogens is 276 g/mol. The fraction of sp³-hybridized carbons (Fsp3) is 0.500. The van der Waals surface area contributed by atoms with Crippen molar-refractivity contribution in [3.05, 3.63) is 28.3 Å². The molecule has 0 saturated heterocycles. The molecule has 1 aromatic carbocycles. The molecule has 1 N–H and O–H groups in total. The molecular formula is C14H18N2O5. The van der Waals surface area contributed by atoms with Gasteiger partial charge in [0.25, 0.3) is 0 Å². The molecule has 1 aliphatic rings. The number of hydrogen-bond acceptors (Lipinski definition) is 6. The Morgan fingerprint density at radius 1 is 1.38 bits per heavy atom. The quantitative estimate of drug-likeness (QED) is 0.509. The highest BCUT2D eigenvalue weighted by atomic mass is 16.6. The maximum atomic E-state index is 11.5. The highest BCUT2D eigenvalue weighted by Crippen LogP contribution is 2.33. The van der Waals surface area contributed by atoms with Gasteiger partial charge in [0, 0.05) is 23.9 Å². The fourth-order valence-electron chi connectivity index (χ4n) is 2.65. The number of nitro benzene ring substituents is 1. The van der Waals surface area contributed by atoms with Crippen LogP contribution < -0.4 is 10.1 Å². The molecule has 0 bridgehead atoms. The van der Waals surface area contributed by atoms with Crippen LogP contribution in [0.4, 0.5) is 11.4 Å². The molecule has 0 spiro atoms. The Morgan fingerprint density at radius 2 is 2.14 bits per heavy atom. The van der Waals surface area contributed by atoms with Gasteiger partial charge in [-0.15, -0.1) is 0 Å². The maximum Gasteiger partial charge on any atom is 0.311 e. The van der Waals surface area contributed by atoms with E-state index in [1.165, 1.54) is 20.3 Å². The van der Waals surface area contributed by atoms with Crippen molar-refractivity contribution >= 4 is 17.3 Å². The minimum atomic E-state index is -0.481. The third-order valence-corrected chi connectivity index (χ3v) is 3.71. The monoisotopic (exact) mass is 294 g/mol. The number of nitrogens with zero attached hydrogens (tertiary/aromatic N) is 1. The summed E-state index contributed by atoms with van der Waals surface area (Å²) in [5.41, 5.74) is 0.676. The number of hydrogen-bond donors (Lipinski definition) is 1. The van der Waals surface area contributed by atoms with Crippen LogP contribution in [0.15, 0.2) is 18.2 Å². The smallest absolute Gasteiger partial charge is 0.311 e. The van der Waals surface area contributed by atoms with E-state index in [-0.39, 0.29) is 29.4 Å². The van der Waals surface area contributed by atoms with Gasteiger partial charge in [-0.3, -0.25) is 14.9 Å². The van der Waals surface area contributed by atoms with Crippen molar-refractivity contribution in [1.29, 1.82) is 0 Å². The number of nitrogens with one attached hydrogen (secondary N) is 1. The molecule has 21 heavy (non-hydrogen) atoms. The molecule has 2 atom stereocenters. The van der Waals surface area contributed by atoms with Crippen LogP contribution in [0.5, 0.6) is 5.75 Å². The molecule has 0 radical (unpaired) electrons. The minimum absolute atomic E-state index is 0.0677. The van der Waals surface area contributed by atoms with E-state index in [2.05, 4.69) is 5.32 Å². The van der Waals surface area contributed by atoms with Gasteiger partial charge in [0.05, 0.1) is 25.1 Å². The number of carbonyl (C=O) groups excluding carboxylic acids is 1. The first-order chi connectivity index (χ1) is 10.0. The minimum Gasteiger partial charge on any atom is -0.490 e. The van der Waals surface area contributed by atoms with Crippen molar-refractivity contribution in [1.82, 2.24) is 0 Å². The van der Waals surface area contributed by atoms with E-state index < -0.39 is 4.92 Å². The van der Waals surface area contributed by atoms with Crippen molar-refractivity contribution < 1.29 is 19.2 Å². The Hall–Kier alpha value is -2.31. The predicted octanol–water partition coefficient (Wildman–Crippen LogP) is 2.36. The summed E-state index contributed by atoms with van der Waals surface area (Å²) < 4.78 is 9.78.